The molecule has 0 spiro atoms. The molecule has 2 heterocycles. The van der Waals surface area contributed by atoms with Crippen molar-refractivity contribution >= 4 is 68.3 Å². The maximum Gasteiger partial charge on any atom is 0.270 e. The molecule has 1 aliphatic rings. The van der Waals surface area contributed by atoms with Crippen LogP contribution in [-0.2, 0) is 4.79 Å². The van der Waals surface area contributed by atoms with Gasteiger partial charge in [0, 0.05) is 22.0 Å². The van der Waals surface area contributed by atoms with Gasteiger partial charge in [-0.05, 0) is 47.9 Å². The SMILES string of the molecule is O=C1/C(=C/c2ccc(-c3ccc(Cl)cc3)o2)SC(=S)N1c1cccc2ccccc12. The fourth-order valence-corrected chi connectivity index (χ4v) is 4.80. The molecule has 0 N–H and O–H groups in total. The van der Waals surface area contributed by atoms with E-state index in [1.54, 1.807) is 11.0 Å². The van der Waals surface area contributed by atoms with Crippen molar-refractivity contribution in [2.45, 2.75) is 0 Å². The number of carbonyl (C=O) groups is 1. The summed E-state index contributed by atoms with van der Waals surface area (Å²) in [6.45, 7) is 0. The lowest BCUT2D eigenvalue weighted by Gasteiger charge is -2.17. The number of hydrogen-bond donors (Lipinski definition) is 0. The third-order valence-corrected chi connectivity index (χ3v) is 6.38. The molecular formula is C24H14ClNO2S2. The summed E-state index contributed by atoms with van der Waals surface area (Å²) in [5, 5.41) is 2.72. The number of hydrogen-bond acceptors (Lipinski definition) is 4. The number of furan rings is 1. The first-order chi connectivity index (χ1) is 14.6. The zero-order chi connectivity index (χ0) is 20.7. The standard InChI is InChI=1S/C24H14ClNO2S2/c25-17-10-8-16(9-11-17)21-13-12-18(28-21)14-22-23(27)26(24(29)30-22)20-7-3-5-15-4-1-2-6-19(15)20/h1-14H/b22-14-. The summed E-state index contributed by atoms with van der Waals surface area (Å²) in [7, 11) is 0. The molecule has 1 aromatic heterocycles. The predicted molar refractivity (Wildman–Crippen MR) is 129 cm³/mol. The van der Waals surface area contributed by atoms with Gasteiger partial charge < -0.3 is 4.42 Å². The van der Waals surface area contributed by atoms with Gasteiger partial charge in [0.05, 0.1) is 10.6 Å². The van der Waals surface area contributed by atoms with E-state index < -0.39 is 0 Å². The molecule has 6 heteroatoms. The van der Waals surface area contributed by atoms with Gasteiger partial charge in [-0.15, -0.1) is 0 Å². The Bertz CT molecular complexity index is 1320. The van der Waals surface area contributed by atoms with Crippen molar-refractivity contribution in [1.82, 2.24) is 0 Å². The van der Waals surface area contributed by atoms with Gasteiger partial charge >= 0.3 is 0 Å². The molecule has 1 saturated heterocycles. The minimum atomic E-state index is -0.147. The molecule has 0 radical (unpaired) electrons. The second-order valence-electron chi connectivity index (χ2n) is 6.72. The Balaban J connectivity index is 1.47. The van der Waals surface area contributed by atoms with Gasteiger partial charge in [0.15, 0.2) is 4.32 Å². The minimum absolute atomic E-state index is 0.147. The van der Waals surface area contributed by atoms with Crippen molar-refractivity contribution in [1.29, 1.82) is 0 Å². The first kappa shape index (κ1) is 19.1. The number of anilines is 1. The Kier molecular flexibility index (Phi) is 4.95. The molecule has 0 atom stereocenters. The van der Waals surface area contributed by atoms with E-state index in [-0.39, 0.29) is 5.91 Å². The number of nitrogens with zero attached hydrogens (tertiary/aromatic N) is 1. The number of benzene rings is 3. The van der Waals surface area contributed by atoms with Crippen LogP contribution < -0.4 is 4.90 Å². The topological polar surface area (TPSA) is 33.5 Å². The lowest BCUT2D eigenvalue weighted by molar-refractivity contribution is -0.113. The van der Waals surface area contributed by atoms with Crippen LogP contribution in [0, 0.1) is 0 Å². The summed E-state index contributed by atoms with van der Waals surface area (Å²) in [6.07, 6.45) is 1.74. The quantitative estimate of drug-likeness (QED) is 0.246. The molecule has 0 aliphatic carbocycles. The first-order valence-electron chi connectivity index (χ1n) is 9.22. The molecule has 30 heavy (non-hydrogen) atoms. The van der Waals surface area contributed by atoms with Crippen molar-refractivity contribution in [3.63, 3.8) is 0 Å². The van der Waals surface area contributed by atoms with Gasteiger partial charge in [-0.3, -0.25) is 9.69 Å². The summed E-state index contributed by atoms with van der Waals surface area (Å²) in [5.41, 5.74) is 1.71. The van der Waals surface area contributed by atoms with E-state index in [1.807, 2.05) is 78.9 Å². The zero-order valence-electron chi connectivity index (χ0n) is 15.5. The summed E-state index contributed by atoms with van der Waals surface area (Å²) < 4.78 is 6.43. The molecule has 146 valence electrons. The van der Waals surface area contributed by atoms with Crippen LogP contribution in [0.4, 0.5) is 5.69 Å². The summed E-state index contributed by atoms with van der Waals surface area (Å²) in [6, 6.07) is 25.0. The van der Waals surface area contributed by atoms with Crippen molar-refractivity contribution in [3.8, 4) is 11.3 Å². The van der Waals surface area contributed by atoms with E-state index in [0.29, 0.717) is 25.8 Å². The first-order valence-corrected chi connectivity index (χ1v) is 10.8. The Labute approximate surface area is 187 Å². The largest absolute Gasteiger partial charge is 0.457 e. The third-order valence-electron chi connectivity index (χ3n) is 4.83. The van der Waals surface area contributed by atoms with Gasteiger partial charge in [-0.25, -0.2) is 0 Å². The predicted octanol–water partition coefficient (Wildman–Crippen LogP) is 7.16. The second kappa shape index (κ2) is 7.76. The van der Waals surface area contributed by atoms with E-state index in [9.17, 15) is 4.79 Å². The normalized spacial score (nSPS) is 15.5. The van der Waals surface area contributed by atoms with Gasteiger partial charge in [0.1, 0.15) is 11.5 Å². The van der Waals surface area contributed by atoms with Crippen LogP contribution in [0.15, 0.2) is 88.2 Å². The van der Waals surface area contributed by atoms with Crippen LogP contribution in [-0.4, -0.2) is 10.2 Å². The van der Waals surface area contributed by atoms with Crippen LogP contribution >= 0.6 is 35.6 Å². The molecule has 5 rings (SSSR count). The lowest BCUT2D eigenvalue weighted by atomic mass is 10.1. The van der Waals surface area contributed by atoms with Crippen LogP contribution in [0.3, 0.4) is 0 Å². The van der Waals surface area contributed by atoms with Crippen molar-refractivity contribution < 1.29 is 9.21 Å². The van der Waals surface area contributed by atoms with Crippen LogP contribution in [0.25, 0.3) is 28.2 Å². The van der Waals surface area contributed by atoms with E-state index in [0.717, 1.165) is 22.0 Å². The van der Waals surface area contributed by atoms with E-state index in [1.165, 1.54) is 11.8 Å². The van der Waals surface area contributed by atoms with Crippen LogP contribution in [0.5, 0.6) is 0 Å². The summed E-state index contributed by atoms with van der Waals surface area (Å²) in [5.74, 6) is 1.16. The summed E-state index contributed by atoms with van der Waals surface area (Å²) in [4.78, 5) is 15.3. The molecule has 3 aromatic carbocycles. The maximum absolute atomic E-state index is 13.2. The van der Waals surface area contributed by atoms with Crippen molar-refractivity contribution in [2.24, 2.45) is 0 Å². The zero-order valence-corrected chi connectivity index (χ0v) is 17.9. The number of carbonyl (C=O) groups excluding carboxylic acids is 1. The second-order valence-corrected chi connectivity index (χ2v) is 8.84. The molecule has 1 fully saturated rings. The number of thiocarbonyl (C=S) groups is 1. The molecule has 0 unspecified atom stereocenters. The average molecular weight is 448 g/mol. The molecule has 1 aliphatic heterocycles. The molecule has 1 amide bonds. The van der Waals surface area contributed by atoms with E-state index in [4.69, 9.17) is 28.2 Å². The molecular weight excluding hydrogens is 434 g/mol. The average Bonchev–Trinajstić information content (AvgIpc) is 3.33. The fourth-order valence-electron chi connectivity index (χ4n) is 3.41. The smallest absolute Gasteiger partial charge is 0.270 e. The van der Waals surface area contributed by atoms with E-state index >= 15 is 0 Å². The highest BCUT2D eigenvalue weighted by Gasteiger charge is 2.34. The Hall–Kier alpha value is -2.86. The molecule has 4 aromatic rings. The molecule has 3 nitrogen and oxygen atoms in total. The highest BCUT2D eigenvalue weighted by Crippen LogP contribution is 2.39. The van der Waals surface area contributed by atoms with Crippen LogP contribution in [0.2, 0.25) is 5.02 Å². The Morgan fingerprint density at radius 3 is 2.53 bits per heavy atom. The van der Waals surface area contributed by atoms with Gasteiger partial charge in [-0.1, -0.05) is 72.0 Å². The highest BCUT2D eigenvalue weighted by atomic mass is 35.5. The highest BCUT2D eigenvalue weighted by molar-refractivity contribution is 8.27. The van der Waals surface area contributed by atoms with Gasteiger partial charge in [0.25, 0.3) is 5.91 Å². The maximum atomic E-state index is 13.2. The van der Waals surface area contributed by atoms with Crippen LogP contribution in [0.1, 0.15) is 5.76 Å². The number of amides is 1. The Morgan fingerprint density at radius 2 is 1.70 bits per heavy atom. The van der Waals surface area contributed by atoms with Gasteiger partial charge in [0.2, 0.25) is 0 Å². The third kappa shape index (κ3) is 3.45. The number of fused-ring (bicyclic) bond motifs is 1. The number of rotatable bonds is 3. The van der Waals surface area contributed by atoms with E-state index in [2.05, 4.69) is 0 Å². The number of halogens is 1. The lowest BCUT2D eigenvalue weighted by Crippen LogP contribution is -2.27. The Morgan fingerprint density at radius 1 is 0.933 bits per heavy atom. The molecule has 0 bridgehead atoms. The van der Waals surface area contributed by atoms with Crippen molar-refractivity contribution in [2.75, 3.05) is 4.90 Å². The minimum Gasteiger partial charge on any atom is -0.457 e. The summed E-state index contributed by atoms with van der Waals surface area (Å²) >= 11 is 12.8. The monoisotopic (exact) mass is 447 g/mol. The van der Waals surface area contributed by atoms with Crippen molar-refractivity contribution in [3.05, 3.63) is 94.6 Å². The molecule has 0 saturated carbocycles. The van der Waals surface area contributed by atoms with Gasteiger partial charge in [-0.2, -0.15) is 0 Å². The number of thioether (sulfide) groups is 1. The fraction of sp³-hybridized carbons (Fsp3) is 0.